The summed E-state index contributed by atoms with van der Waals surface area (Å²) in [4.78, 5) is 11.0. The molecule has 0 radical (unpaired) electrons. The molecule has 0 aliphatic heterocycles. The number of nitrogens with one attached hydrogen (secondary N) is 1. The minimum Gasteiger partial charge on any atom is -0.444 e. The third-order valence-corrected chi connectivity index (χ3v) is 1.88. The second-order valence-electron chi connectivity index (χ2n) is 2.64. The Balaban J connectivity index is 2.85. The molecule has 0 fully saturated rings. The third-order valence-electron chi connectivity index (χ3n) is 1.88. The van der Waals surface area contributed by atoms with E-state index in [1.165, 1.54) is 0 Å². The molecule has 13 heavy (non-hydrogen) atoms. The van der Waals surface area contributed by atoms with E-state index in [-0.39, 0.29) is 0 Å². The lowest BCUT2D eigenvalue weighted by atomic mass is 10.5. The van der Waals surface area contributed by atoms with Gasteiger partial charge in [0.15, 0.2) is 11.8 Å². The molecule has 0 spiro atoms. The number of nitrogen functional groups attached to an aromatic ring is 1. The van der Waals surface area contributed by atoms with Gasteiger partial charge in [-0.2, -0.15) is 4.57 Å². The maximum atomic E-state index is 5.67. The van der Waals surface area contributed by atoms with E-state index in [9.17, 15) is 0 Å². The number of fused-ring (bicyclic) bond motifs is 1. The van der Waals surface area contributed by atoms with E-state index in [4.69, 9.17) is 10.5 Å². The molecule has 2 heterocycles. The lowest BCUT2D eigenvalue weighted by Crippen LogP contribution is -2.33. The zero-order chi connectivity index (χ0) is 9.42. The highest BCUT2D eigenvalue weighted by Crippen LogP contribution is 2.13. The van der Waals surface area contributed by atoms with Crippen molar-refractivity contribution < 1.29 is 9.30 Å². The first-order valence-electron chi connectivity index (χ1n) is 3.76. The van der Waals surface area contributed by atoms with Crippen LogP contribution in [0.4, 0.5) is 5.82 Å². The standard InChI is InChI=1S/C7H9N5O/c1-12-6-4(9-3-10-6)5(8)11-7(12)13-2/h3H,1-2H3,(H2,8,9,10)/p+1. The summed E-state index contributed by atoms with van der Waals surface area (Å²) in [7, 11) is 3.36. The molecular formula is C7H10N5O+. The highest BCUT2D eigenvalue weighted by atomic mass is 16.5. The van der Waals surface area contributed by atoms with Gasteiger partial charge in [0.05, 0.1) is 14.2 Å². The van der Waals surface area contributed by atoms with Gasteiger partial charge in [0, 0.05) is 0 Å². The van der Waals surface area contributed by atoms with E-state index in [2.05, 4.69) is 15.0 Å². The van der Waals surface area contributed by atoms with Gasteiger partial charge in [0.25, 0.3) is 5.65 Å². The number of methoxy groups -OCH3 is 1. The smallest absolute Gasteiger partial charge is 0.435 e. The zero-order valence-electron chi connectivity index (χ0n) is 7.40. The number of nitrogens with two attached hydrogens (primary N) is 1. The Morgan fingerprint density at radius 2 is 2.38 bits per heavy atom. The van der Waals surface area contributed by atoms with Crippen molar-refractivity contribution in [1.29, 1.82) is 0 Å². The van der Waals surface area contributed by atoms with Crippen LogP contribution in [0.25, 0.3) is 11.2 Å². The number of H-pyrrole nitrogens is 1. The molecule has 0 bridgehead atoms. The molecule has 6 heteroatoms. The first kappa shape index (κ1) is 7.78. The van der Waals surface area contributed by atoms with Gasteiger partial charge in [-0.15, -0.1) is 0 Å². The quantitative estimate of drug-likeness (QED) is 0.573. The number of aryl methyl sites for hydroxylation is 1. The molecule has 2 aromatic heterocycles. The number of ether oxygens (including phenoxy) is 1. The predicted octanol–water partition coefficient (Wildman–Crippen LogP) is -0.627. The number of rotatable bonds is 1. The summed E-state index contributed by atoms with van der Waals surface area (Å²) >= 11 is 0. The summed E-state index contributed by atoms with van der Waals surface area (Å²) in [5, 5.41) is 0. The largest absolute Gasteiger partial charge is 0.444 e. The minimum absolute atomic E-state index is 0.391. The molecule has 2 aromatic rings. The van der Waals surface area contributed by atoms with Crippen molar-refractivity contribution in [2.24, 2.45) is 7.05 Å². The third kappa shape index (κ3) is 0.986. The molecule has 0 amide bonds. The molecule has 0 aliphatic carbocycles. The molecular weight excluding hydrogens is 170 g/mol. The number of nitrogens with zero attached hydrogens (tertiary/aromatic N) is 3. The van der Waals surface area contributed by atoms with Gasteiger partial charge in [-0.1, -0.05) is 4.98 Å². The predicted molar refractivity (Wildman–Crippen MR) is 46.0 cm³/mol. The van der Waals surface area contributed by atoms with Crippen LogP contribution in [-0.2, 0) is 7.05 Å². The Bertz CT molecular complexity index is 449. The normalized spacial score (nSPS) is 10.6. The number of anilines is 1. The van der Waals surface area contributed by atoms with Crippen molar-refractivity contribution in [3.8, 4) is 6.01 Å². The Hall–Kier alpha value is -1.85. The summed E-state index contributed by atoms with van der Waals surface area (Å²) in [6.07, 6.45) is 1.57. The molecule has 0 saturated heterocycles. The van der Waals surface area contributed by atoms with Crippen LogP contribution >= 0.6 is 0 Å². The van der Waals surface area contributed by atoms with Crippen molar-refractivity contribution in [2.45, 2.75) is 0 Å². The van der Waals surface area contributed by atoms with Gasteiger partial charge in [0.1, 0.15) is 0 Å². The van der Waals surface area contributed by atoms with Crippen molar-refractivity contribution in [1.82, 2.24) is 15.0 Å². The van der Waals surface area contributed by atoms with Crippen LogP contribution in [0, 0.1) is 0 Å². The van der Waals surface area contributed by atoms with Gasteiger partial charge in [-0.25, -0.2) is 0 Å². The fourth-order valence-electron chi connectivity index (χ4n) is 1.24. The van der Waals surface area contributed by atoms with Gasteiger partial charge < -0.3 is 15.5 Å². The second-order valence-corrected chi connectivity index (χ2v) is 2.64. The highest BCUT2D eigenvalue weighted by Gasteiger charge is 2.18. The number of aromatic nitrogens is 4. The maximum absolute atomic E-state index is 5.67. The fraction of sp³-hybridized carbons (Fsp3) is 0.286. The lowest BCUT2D eigenvalue weighted by Gasteiger charge is -1.99. The van der Waals surface area contributed by atoms with Crippen molar-refractivity contribution in [3.05, 3.63) is 6.33 Å². The van der Waals surface area contributed by atoms with Crippen LogP contribution in [0.15, 0.2) is 6.33 Å². The first-order valence-corrected chi connectivity index (χ1v) is 3.76. The average molecular weight is 180 g/mol. The van der Waals surface area contributed by atoms with E-state index < -0.39 is 0 Å². The first-order chi connectivity index (χ1) is 6.24. The van der Waals surface area contributed by atoms with Crippen LogP contribution in [-0.4, -0.2) is 22.1 Å². The van der Waals surface area contributed by atoms with E-state index in [0.29, 0.717) is 11.8 Å². The van der Waals surface area contributed by atoms with Crippen molar-refractivity contribution >= 4 is 17.0 Å². The molecule has 3 N–H and O–H groups in total. The summed E-state index contributed by atoms with van der Waals surface area (Å²) in [6, 6.07) is 0.442. The monoisotopic (exact) mass is 180 g/mol. The van der Waals surface area contributed by atoms with Gasteiger partial charge in [-0.05, 0) is 4.98 Å². The van der Waals surface area contributed by atoms with Crippen LogP contribution in [0.5, 0.6) is 6.01 Å². The van der Waals surface area contributed by atoms with Crippen LogP contribution < -0.4 is 15.0 Å². The Kier molecular flexibility index (Phi) is 1.54. The topological polar surface area (TPSA) is 80.7 Å². The van der Waals surface area contributed by atoms with E-state index in [1.54, 1.807) is 18.0 Å². The van der Waals surface area contributed by atoms with Crippen molar-refractivity contribution in [2.75, 3.05) is 12.8 Å². The molecule has 0 atom stereocenters. The van der Waals surface area contributed by atoms with E-state index in [1.807, 2.05) is 7.05 Å². The van der Waals surface area contributed by atoms with E-state index >= 15 is 0 Å². The van der Waals surface area contributed by atoms with E-state index in [0.717, 1.165) is 11.2 Å². The summed E-state index contributed by atoms with van der Waals surface area (Å²) in [6.45, 7) is 0. The molecule has 0 saturated carbocycles. The van der Waals surface area contributed by atoms with Crippen molar-refractivity contribution in [3.63, 3.8) is 0 Å². The van der Waals surface area contributed by atoms with Crippen LogP contribution in [0.1, 0.15) is 0 Å². The molecule has 6 nitrogen and oxygen atoms in total. The maximum Gasteiger partial charge on any atom is 0.435 e. The highest BCUT2D eigenvalue weighted by molar-refractivity contribution is 5.78. The lowest BCUT2D eigenvalue weighted by molar-refractivity contribution is -0.655. The molecule has 2 rings (SSSR count). The number of aromatic amines is 1. The van der Waals surface area contributed by atoms with Gasteiger partial charge in [-0.3, -0.25) is 0 Å². The molecule has 0 aromatic carbocycles. The summed E-state index contributed by atoms with van der Waals surface area (Å²) in [5.41, 5.74) is 7.12. The SMILES string of the molecule is COc1nc(N)c2[nH]cnc2[n+]1C. The van der Waals surface area contributed by atoms with Gasteiger partial charge in [0.2, 0.25) is 5.82 Å². The Morgan fingerprint density at radius 3 is 3.08 bits per heavy atom. The minimum atomic E-state index is 0.391. The zero-order valence-corrected chi connectivity index (χ0v) is 7.40. The second kappa shape index (κ2) is 2.58. The number of hydrogen-bond donors (Lipinski definition) is 2. The van der Waals surface area contributed by atoms with Gasteiger partial charge >= 0.3 is 6.01 Å². The fourth-order valence-corrected chi connectivity index (χ4v) is 1.24. The average Bonchev–Trinajstić information content (AvgIpc) is 2.60. The number of imidazole rings is 1. The summed E-state index contributed by atoms with van der Waals surface area (Å²) < 4.78 is 6.75. The molecule has 0 unspecified atom stereocenters. The van der Waals surface area contributed by atoms with Crippen LogP contribution in [0.2, 0.25) is 0 Å². The molecule has 68 valence electrons. The van der Waals surface area contributed by atoms with Crippen LogP contribution in [0.3, 0.4) is 0 Å². The summed E-state index contributed by atoms with van der Waals surface area (Å²) in [5.74, 6) is 0.391. The Morgan fingerprint density at radius 1 is 1.62 bits per heavy atom. The molecule has 0 aliphatic rings. The number of hydrogen-bond acceptors (Lipinski definition) is 4. The Labute approximate surface area is 74.4 Å².